The molecule has 0 aromatic heterocycles. The normalized spacial score (nSPS) is 18.4. The van der Waals surface area contributed by atoms with Crippen molar-refractivity contribution < 1.29 is 14.6 Å². The van der Waals surface area contributed by atoms with E-state index in [0.29, 0.717) is 12.5 Å². The monoisotopic (exact) mass is 478 g/mol. The van der Waals surface area contributed by atoms with Gasteiger partial charge in [0, 0.05) is 38.2 Å². The van der Waals surface area contributed by atoms with Crippen molar-refractivity contribution >= 4 is 5.91 Å². The second kappa shape index (κ2) is 13.1. The minimum absolute atomic E-state index is 0.110. The third kappa shape index (κ3) is 7.31. The summed E-state index contributed by atoms with van der Waals surface area (Å²) >= 11 is 0. The van der Waals surface area contributed by atoms with E-state index in [4.69, 9.17) is 4.74 Å². The van der Waals surface area contributed by atoms with Crippen LogP contribution in [0.3, 0.4) is 0 Å². The van der Waals surface area contributed by atoms with Gasteiger partial charge in [0.15, 0.2) is 0 Å². The quantitative estimate of drug-likeness (QED) is 0.635. The first-order valence-corrected chi connectivity index (χ1v) is 13.6. The fraction of sp³-hybridized carbons (Fsp3) is 0.567. The van der Waals surface area contributed by atoms with E-state index in [-0.39, 0.29) is 12.5 Å². The summed E-state index contributed by atoms with van der Waals surface area (Å²) in [6.07, 6.45) is 8.13. The molecule has 1 N–H and O–H groups in total. The molecular weight excluding hydrogens is 436 g/mol. The third-order valence-corrected chi connectivity index (χ3v) is 7.45. The molecular formula is C30H42N2O3. The van der Waals surface area contributed by atoms with Crippen LogP contribution in [-0.4, -0.2) is 60.2 Å². The number of aliphatic hydroxyl groups excluding tert-OH is 1. The molecule has 5 heteroatoms. The lowest BCUT2D eigenvalue weighted by Gasteiger charge is -2.32. The molecule has 2 aliphatic heterocycles. The number of carbonyl (C=O) groups is 1. The van der Waals surface area contributed by atoms with Gasteiger partial charge in [-0.25, -0.2) is 0 Å². The molecule has 5 nitrogen and oxygen atoms in total. The fourth-order valence-corrected chi connectivity index (χ4v) is 5.48. The van der Waals surface area contributed by atoms with Crippen LogP contribution >= 0.6 is 0 Å². The Hall–Kier alpha value is -2.37. The number of hydrogen-bond acceptors (Lipinski definition) is 4. The van der Waals surface area contributed by atoms with Crippen LogP contribution in [0.15, 0.2) is 42.5 Å². The highest BCUT2D eigenvalue weighted by atomic mass is 16.5. The maximum atomic E-state index is 13.3. The van der Waals surface area contributed by atoms with Crippen molar-refractivity contribution in [2.24, 2.45) is 5.92 Å². The van der Waals surface area contributed by atoms with Gasteiger partial charge in [0.25, 0.3) is 5.91 Å². The van der Waals surface area contributed by atoms with Crippen LogP contribution in [0.4, 0.5) is 0 Å². The largest absolute Gasteiger partial charge is 0.493 e. The Labute approximate surface area is 211 Å². The Morgan fingerprint density at radius 2 is 1.86 bits per heavy atom. The van der Waals surface area contributed by atoms with Crippen molar-refractivity contribution in [3.63, 3.8) is 0 Å². The van der Waals surface area contributed by atoms with Crippen molar-refractivity contribution in [2.45, 2.75) is 64.8 Å². The van der Waals surface area contributed by atoms with Gasteiger partial charge in [0.2, 0.25) is 0 Å². The van der Waals surface area contributed by atoms with E-state index in [1.165, 1.54) is 30.4 Å². The van der Waals surface area contributed by atoms with Gasteiger partial charge >= 0.3 is 0 Å². The fourth-order valence-electron chi connectivity index (χ4n) is 5.48. The molecule has 2 bridgehead atoms. The highest BCUT2D eigenvalue weighted by molar-refractivity contribution is 5.94. The summed E-state index contributed by atoms with van der Waals surface area (Å²) in [5.74, 6) is 1.54. The lowest BCUT2D eigenvalue weighted by atomic mass is 9.93. The Morgan fingerprint density at radius 3 is 2.66 bits per heavy atom. The van der Waals surface area contributed by atoms with E-state index in [9.17, 15) is 9.90 Å². The first-order valence-electron chi connectivity index (χ1n) is 13.6. The summed E-state index contributed by atoms with van der Waals surface area (Å²) in [6, 6.07) is 14.9. The average Bonchev–Trinajstić information content (AvgIpc) is 2.87. The van der Waals surface area contributed by atoms with Crippen molar-refractivity contribution in [3.8, 4) is 5.75 Å². The minimum atomic E-state index is 0.110. The predicted octanol–water partition coefficient (Wildman–Crippen LogP) is 5.29. The van der Waals surface area contributed by atoms with E-state index in [1.807, 2.05) is 17.0 Å². The molecule has 35 heavy (non-hydrogen) atoms. The number of benzene rings is 2. The summed E-state index contributed by atoms with van der Waals surface area (Å²) in [4.78, 5) is 17.9. The molecule has 1 fully saturated rings. The van der Waals surface area contributed by atoms with Crippen LogP contribution < -0.4 is 4.74 Å². The molecule has 0 spiro atoms. The predicted molar refractivity (Wildman–Crippen MR) is 141 cm³/mol. The molecule has 0 radical (unpaired) electrons. The summed E-state index contributed by atoms with van der Waals surface area (Å²) in [5, 5.41) is 9.22. The number of rotatable bonds is 5. The molecule has 0 unspecified atom stereocenters. The smallest absolute Gasteiger partial charge is 0.253 e. The zero-order valence-corrected chi connectivity index (χ0v) is 21.4. The average molecular weight is 479 g/mol. The third-order valence-electron chi connectivity index (χ3n) is 7.45. The SMILES string of the molecule is CCCN1CCCCCOc2ccc(C(=O)N3CCC(CCO)CC3)cc2Cc2cccc(c2)C1. The van der Waals surface area contributed by atoms with Crippen LogP contribution in [-0.2, 0) is 13.0 Å². The number of amides is 1. The molecule has 1 saturated heterocycles. The van der Waals surface area contributed by atoms with E-state index in [2.05, 4.69) is 42.2 Å². The standard InChI is InChI=1S/C30H42N2O3/c1-2-14-31-15-4-3-5-19-35-29-10-9-27(30(34)32-16-11-24(12-17-32)13-18-33)22-28(29)21-25-7-6-8-26(20-25)23-31/h6-10,20,22,24,33H,2-5,11-19,21,23H2,1H3. The number of fused-ring (bicyclic) bond motifs is 3. The zero-order valence-electron chi connectivity index (χ0n) is 21.4. The topological polar surface area (TPSA) is 53.0 Å². The molecule has 1 amide bonds. The molecule has 0 atom stereocenters. The maximum Gasteiger partial charge on any atom is 0.253 e. The lowest BCUT2D eigenvalue weighted by molar-refractivity contribution is 0.0678. The molecule has 2 aromatic carbocycles. The van der Waals surface area contributed by atoms with Crippen molar-refractivity contribution in [1.82, 2.24) is 9.80 Å². The summed E-state index contributed by atoms with van der Waals surface area (Å²) < 4.78 is 6.24. The maximum absolute atomic E-state index is 13.3. The zero-order chi connectivity index (χ0) is 24.5. The minimum Gasteiger partial charge on any atom is -0.493 e. The number of hydrogen-bond donors (Lipinski definition) is 1. The van der Waals surface area contributed by atoms with Crippen LogP contribution in [0.5, 0.6) is 5.75 Å². The van der Waals surface area contributed by atoms with Crippen LogP contribution in [0, 0.1) is 5.92 Å². The second-order valence-electron chi connectivity index (χ2n) is 10.3. The Balaban J connectivity index is 1.54. The van der Waals surface area contributed by atoms with Gasteiger partial charge in [-0.15, -0.1) is 0 Å². The van der Waals surface area contributed by atoms with E-state index in [1.54, 1.807) is 0 Å². The van der Waals surface area contributed by atoms with Crippen LogP contribution in [0.25, 0.3) is 0 Å². The van der Waals surface area contributed by atoms with Crippen molar-refractivity contribution in [1.29, 1.82) is 0 Å². The number of carbonyl (C=O) groups excluding carboxylic acids is 1. The molecule has 0 aliphatic carbocycles. The van der Waals surface area contributed by atoms with Gasteiger partial charge in [-0.1, -0.05) is 31.2 Å². The van der Waals surface area contributed by atoms with Gasteiger partial charge in [-0.2, -0.15) is 0 Å². The van der Waals surface area contributed by atoms with Gasteiger partial charge in [-0.3, -0.25) is 9.69 Å². The van der Waals surface area contributed by atoms with Gasteiger partial charge in [-0.05, 0) is 98.8 Å². The lowest BCUT2D eigenvalue weighted by Crippen LogP contribution is -2.38. The number of piperidine rings is 1. The Morgan fingerprint density at radius 1 is 1.03 bits per heavy atom. The summed E-state index contributed by atoms with van der Waals surface area (Å²) in [6.45, 7) is 8.01. The van der Waals surface area contributed by atoms with Gasteiger partial charge in [0.1, 0.15) is 5.75 Å². The van der Waals surface area contributed by atoms with E-state index < -0.39 is 0 Å². The van der Waals surface area contributed by atoms with Gasteiger partial charge in [0.05, 0.1) is 6.61 Å². The highest BCUT2D eigenvalue weighted by Crippen LogP contribution is 2.27. The van der Waals surface area contributed by atoms with Gasteiger partial charge < -0.3 is 14.7 Å². The first kappa shape index (κ1) is 25.7. The Kier molecular flexibility index (Phi) is 9.61. The summed E-state index contributed by atoms with van der Waals surface area (Å²) in [7, 11) is 0. The molecule has 4 rings (SSSR count). The molecule has 190 valence electrons. The second-order valence-corrected chi connectivity index (χ2v) is 10.3. The van der Waals surface area contributed by atoms with Crippen LogP contribution in [0.1, 0.15) is 78.9 Å². The number of likely N-dealkylation sites (tertiary alicyclic amines) is 1. The highest BCUT2D eigenvalue weighted by Gasteiger charge is 2.24. The van der Waals surface area contributed by atoms with Crippen LogP contribution in [0.2, 0.25) is 0 Å². The Bertz CT molecular complexity index is 952. The van der Waals surface area contributed by atoms with Crippen molar-refractivity contribution in [2.75, 3.05) is 39.4 Å². The van der Waals surface area contributed by atoms with E-state index >= 15 is 0 Å². The molecule has 2 aliphatic rings. The molecule has 2 aromatic rings. The number of ether oxygens (including phenoxy) is 1. The molecule has 0 saturated carbocycles. The number of nitrogens with zero attached hydrogens (tertiary/aromatic N) is 2. The first-order chi connectivity index (χ1) is 17.2. The van der Waals surface area contributed by atoms with Crippen molar-refractivity contribution in [3.05, 3.63) is 64.7 Å². The number of aliphatic hydroxyl groups is 1. The van der Waals surface area contributed by atoms with E-state index in [0.717, 1.165) is 81.7 Å². The molecule has 2 heterocycles. The summed E-state index contributed by atoms with van der Waals surface area (Å²) in [5.41, 5.74) is 4.45.